The number of hydrogen-bond acceptors (Lipinski definition) is 6. The first-order chi connectivity index (χ1) is 14.9. The van der Waals surface area contributed by atoms with Crippen LogP contribution in [0.4, 0.5) is 5.88 Å². The first-order valence-corrected chi connectivity index (χ1v) is 11.6. The quantitative estimate of drug-likeness (QED) is 0.382. The summed E-state index contributed by atoms with van der Waals surface area (Å²) in [6.45, 7) is 3.22. The molecule has 2 aromatic heterocycles. The Labute approximate surface area is 185 Å². The normalized spacial score (nSPS) is 11.5. The van der Waals surface area contributed by atoms with Crippen molar-refractivity contribution in [2.45, 2.75) is 29.8 Å². The van der Waals surface area contributed by atoms with E-state index in [1.165, 1.54) is 24.3 Å². The highest BCUT2D eigenvalue weighted by molar-refractivity contribution is 7.91. The Bertz CT molecular complexity index is 1250. The molecule has 0 atom stereocenters. The minimum absolute atomic E-state index is 0.0992. The van der Waals surface area contributed by atoms with Crippen LogP contribution in [0, 0.1) is 6.92 Å². The number of nitrogens with one attached hydrogen (secondary N) is 1. The van der Waals surface area contributed by atoms with Gasteiger partial charge in [-0.1, -0.05) is 29.3 Å². The van der Waals surface area contributed by atoms with Crippen molar-refractivity contribution in [2.75, 3.05) is 11.9 Å². The van der Waals surface area contributed by atoms with E-state index in [-0.39, 0.29) is 21.7 Å². The smallest absolute Gasteiger partial charge is 0.233 e. The fourth-order valence-electron chi connectivity index (χ4n) is 3.03. The first kappa shape index (κ1) is 21.1. The number of halogens is 1. The SMILES string of the molecule is Cc1ccc(-c2nc(S(=O)(=O)c3ccc(Cl)cc3)c(NCCCn3ccnc3)o2)cc1. The maximum Gasteiger partial charge on any atom is 0.233 e. The molecule has 0 bridgehead atoms. The van der Waals surface area contributed by atoms with Crippen LogP contribution in [0.1, 0.15) is 12.0 Å². The summed E-state index contributed by atoms with van der Waals surface area (Å²) in [5.41, 5.74) is 1.78. The van der Waals surface area contributed by atoms with Crippen LogP contribution < -0.4 is 5.32 Å². The lowest BCUT2D eigenvalue weighted by Crippen LogP contribution is -2.10. The monoisotopic (exact) mass is 456 g/mol. The summed E-state index contributed by atoms with van der Waals surface area (Å²) >= 11 is 5.91. The Morgan fingerprint density at radius 3 is 2.52 bits per heavy atom. The first-order valence-electron chi connectivity index (χ1n) is 9.71. The Morgan fingerprint density at radius 1 is 1.10 bits per heavy atom. The third-order valence-electron chi connectivity index (χ3n) is 4.71. The second kappa shape index (κ2) is 8.95. The third-order valence-corrected chi connectivity index (χ3v) is 6.64. The second-order valence-electron chi connectivity index (χ2n) is 7.06. The number of oxazole rings is 1. The molecule has 0 spiro atoms. The van der Waals surface area contributed by atoms with E-state index < -0.39 is 9.84 Å². The zero-order chi connectivity index (χ0) is 21.8. The summed E-state index contributed by atoms with van der Waals surface area (Å²) in [6, 6.07) is 13.5. The summed E-state index contributed by atoms with van der Waals surface area (Å²) in [7, 11) is -3.90. The van der Waals surface area contributed by atoms with Crippen LogP contribution in [0.15, 0.2) is 81.6 Å². The topological polar surface area (TPSA) is 90.0 Å². The van der Waals surface area contributed by atoms with Crippen molar-refractivity contribution >= 4 is 27.3 Å². The van der Waals surface area contributed by atoms with Gasteiger partial charge in [0, 0.05) is 36.1 Å². The van der Waals surface area contributed by atoms with Gasteiger partial charge in [0.25, 0.3) is 0 Å². The van der Waals surface area contributed by atoms with E-state index in [1.807, 2.05) is 42.0 Å². The van der Waals surface area contributed by atoms with Crippen molar-refractivity contribution in [2.24, 2.45) is 0 Å². The number of sulfone groups is 1. The number of anilines is 1. The molecule has 0 fully saturated rings. The van der Waals surface area contributed by atoms with Gasteiger partial charge in [-0.25, -0.2) is 13.4 Å². The summed E-state index contributed by atoms with van der Waals surface area (Å²) in [5, 5.41) is 3.41. The average molecular weight is 457 g/mol. The van der Waals surface area contributed by atoms with Gasteiger partial charge in [0.2, 0.25) is 26.6 Å². The number of benzene rings is 2. The van der Waals surface area contributed by atoms with Crippen molar-refractivity contribution in [3.05, 3.63) is 77.8 Å². The highest BCUT2D eigenvalue weighted by Crippen LogP contribution is 2.32. The van der Waals surface area contributed by atoms with Gasteiger partial charge in [-0.15, -0.1) is 0 Å². The van der Waals surface area contributed by atoms with Crippen LogP contribution in [0.25, 0.3) is 11.5 Å². The number of aromatic nitrogens is 3. The lowest BCUT2D eigenvalue weighted by molar-refractivity contribution is 0.571. The predicted molar refractivity (Wildman–Crippen MR) is 119 cm³/mol. The number of hydrogen-bond donors (Lipinski definition) is 1. The van der Waals surface area contributed by atoms with E-state index in [4.69, 9.17) is 16.0 Å². The van der Waals surface area contributed by atoms with Crippen molar-refractivity contribution in [3.63, 3.8) is 0 Å². The van der Waals surface area contributed by atoms with Gasteiger partial charge >= 0.3 is 0 Å². The van der Waals surface area contributed by atoms with Crippen LogP contribution in [-0.2, 0) is 16.4 Å². The molecule has 0 aliphatic heterocycles. The van der Waals surface area contributed by atoms with Crippen molar-refractivity contribution in [3.8, 4) is 11.5 Å². The van der Waals surface area contributed by atoms with Gasteiger partial charge in [-0.05, 0) is 49.7 Å². The van der Waals surface area contributed by atoms with Crippen LogP contribution in [0.3, 0.4) is 0 Å². The molecule has 31 heavy (non-hydrogen) atoms. The van der Waals surface area contributed by atoms with Gasteiger partial charge in [-0.3, -0.25) is 0 Å². The van der Waals surface area contributed by atoms with Crippen molar-refractivity contribution in [1.29, 1.82) is 0 Å². The van der Waals surface area contributed by atoms with Gasteiger partial charge in [0.05, 0.1) is 11.2 Å². The Kier molecular flexibility index (Phi) is 6.11. The third kappa shape index (κ3) is 4.81. The highest BCUT2D eigenvalue weighted by Gasteiger charge is 2.28. The lowest BCUT2D eigenvalue weighted by Gasteiger charge is -2.07. The standard InChI is InChI=1S/C22H21ClN4O3S/c1-16-3-5-17(6-4-16)20-26-22(31(28,29)19-9-7-18(23)8-10-19)21(30-20)25-11-2-13-27-14-12-24-15-27/h3-10,12,14-15,25H,2,11,13H2,1H3. The molecule has 0 radical (unpaired) electrons. The lowest BCUT2D eigenvalue weighted by atomic mass is 10.1. The summed E-state index contributed by atoms with van der Waals surface area (Å²) in [4.78, 5) is 8.46. The molecule has 0 saturated heterocycles. The fraction of sp³-hybridized carbons (Fsp3) is 0.182. The number of aryl methyl sites for hydroxylation is 2. The molecule has 4 rings (SSSR count). The van der Waals surface area contributed by atoms with E-state index >= 15 is 0 Å². The van der Waals surface area contributed by atoms with Crippen LogP contribution in [-0.4, -0.2) is 29.5 Å². The average Bonchev–Trinajstić information content (AvgIpc) is 3.42. The molecule has 0 aliphatic carbocycles. The summed E-state index contributed by atoms with van der Waals surface area (Å²) in [6.07, 6.45) is 6.08. The molecule has 2 aromatic carbocycles. The fourth-order valence-corrected chi connectivity index (χ4v) is 4.43. The molecule has 0 unspecified atom stereocenters. The number of imidazole rings is 1. The van der Waals surface area contributed by atoms with Gasteiger partial charge in [0.15, 0.2) is 0 Å². The molecule has 4 aromatic rings. The second-order valence-corrected chi connectivity index (χ2v) is 9.36. The van der Waals surface area contributed by atoms with Crippen molar-refractivity contribution in [1.82, 2.24) is 14.5 Å². The van der Waals surface area contributed by atoms with Crippen LogP contribution in [0.5, 0.6) is 0 Å². The van der Waals surface area contributed by atoms with E-state index in [0.717, 1.165) is 18.5 Å². The Hall–Kier alpha value is -3.10. The number of nitrogens with zero attached hydrogens (tertiary/aromatic N) is 3. The van der Waals surface area contributed by atoms with E-state index in [2.05, 4.69) is 15.3 Å². The van der Waals surface area contributed by atoms with Gasteiger partial charge < -0.3 is 14.3 Å². The molecule has 0 saturated carbocycles. The van der Waals surface area contributed by atoms with Crippen LogP contribution in [0.2, 0.25) is 5.02 Å². The molecule has 0 aliphatic rings. The molecule has 1 N–H and O–H groups in total. The van der Waals surface area contributed by atoms with Gasteiger partial charge in [-0.2, -0.15) is 4.98 Å². The minimum Gasteiger partial charge on any atom is -0.419 e. The van der Waals surface area contributed by atoms with E-state index in [9.17, 15) is 8.42 Å². The molecule has 160 valence electrons. The predicted octanol–water partition coefficient (Wildman–Crippen LogP) is 4.83. The van der Waals surface area contributed by atoms with E-state index in [0.29, 0.717) is 17.1 Å². The molecule has 9 heteroatoms. The Morgan fingerprint density at radius 2 is 1.84 bits per heavy atom. The van der Waals surface area contributed by atoms with Crippen LogP contribution >= 0.6 is 11.6 Å². The zero-order valence-corrected chi connectivity index (χ0v) is 18.4. The van der Waals surface area contributed by atoms with E-state index in [1.54, 1.807) is 12.5 Å². The molecule has 0 amide bonds. The maximum atomic E-state index is 13.3. The van der Waals surface area contributed by atoms with Gasteiger partial charge in [0.1, 0.15) is 0 Å². The molecular weight excluding hydrogens is 436 g/mol. The number of rotatable bonds is 8. The molecular formula is C22H21ClN4O3S. The Balaban J connectivity index is 1.64. The molecule has 2 heterocycles. The van der Waals surface area contributed by atoms with Crippen molar-refractivity contribution < 1.29 is 12.8 Å². The minimum atomic E-state index is -3.90. The highest BCUT2D eigenvalue weighted by atomic mass is 35.5. The largest absolute Gasteiger partial charge is 0.419 e. The zero-order valence-electron chi connectivity index (χ0n) is 16.8. The molecule has 7 nitrogen and oxygen atoms in total. The summed E-state index contributed by atoms with van der Waals surface area (Å²) in [5.74, 6) is 0.362. The summed E-state index contributed by atoms with van der Waals surface area (Å²) < 4.78 is 34.3. The maximum absolute atomic E-state index is 13.3.